The van der Waals surface area contributed by atoms with Crippen LogP contribution < -0.4 is 10.2 Å². The van der Waals surface area contributed by atoms with Crippen molar-refractivity contribution in [3.8, 4) is 0 Å². The summed E-state index contributed by atoms with van der Waals surface area (Å²) in [7, 11) is 0. The Balaban J connectivity index is 1.52. The van der Waals surface area contributed by atoms with Crippen LogP contribution >= 0.6 is 23.4 Å². The van der Waals surface area contributed by atoms with E-state index >= 15 is 0 Å². The first kappa shape index (κ1) is 25.3. The van der Waals surface area contributed by atoms with Gasteiger partial charge in [-0.25, -0.2) is 9.97 Å². The lowest BCUT2D eigenvalue weighted by Crippen LogP contribution is -2.37. The first-order valence-electron chi connectivity index (χ1n) is 11.3. The van der Waals surface area contributed by atoms with Gasteiger partial charge in [0, 0.05) is 43.6 Å². The van der Waals surface area contributed by atoms with Crippen molar-refractivity contribution in [2.24, 2.45) is 0 Å². The third-order valence-corrected chi connectivity index (χ3v) is 6.54. The Hall–Kier alpha value is -2.35. The predicted molar refractivity (Wildman–Crippen MR) is 138 cm³/mol. The van der Waals surface area contributed by atoms with Gasteiger partial charge in [-0.1, -0.05) is 54.1 Å². The molecule has 0 atom stereocenters. The number of carbonyl (C=O) groups is 1. The first-order chi connectivity index (χ1) is 16.1. The van der Waals surface area contributed by atoms with Crippen molar-refractivity contribution >= 4 is 35.1 Å². The molecule has 1 aliphatic rings. The SMILES string of the molecule is C=CCN(CC=C)c1cc(Cl)nc(SCc2ccc(C(=O)NCCN3CCCCC3)cc2)n1. The fraction of sp³-hybridized carbons (Fsp3) is 0.400. The van der Waals surface area contributed by atoms with Crippen molar-refractivity contribution in [1.29, 1.82) is 0 Å². The van der Waals surface area contributed by atoms with Gasteiger partial charge in [0.2, 0.25) is 0 Å². The monoisotopic (exact) mass is 485 g/mol. The number of hydrogen-bond acceptors (Lipinski definition) is 6. The van der Waals surface area contributed by atoms with Crippen LogP contribution in [0.1, 0.15) is 35.2 Å². The second-order valence-electron chi connectivity index (χ2n) is 7.96. The highest BCUT2D eigenvalue weighted by Gasteiger charge is 2.12. The Morgan fingerprint density at radius 1 is 1.12 bits per heavy atom. The molecule has 0 radical (unpaired) electrons. The largest absolute Gasteiger partial charge is 0.351 e. The average molecular weight is 486 g/mol. The molecule has 0 saturated carbocycles. The van der Waals surface area contributed by atoms with E-state index in [-0.39, 0.29) is 5.91 Å². The molecule has 1 saturated heterocycles. The Bertz CT molecular complexity index is 921. The Morgan fingerprint density at radius 2 is 1.82 bits per heavy atom. The molecule has 0 aliphatic carbocycles. The van der Waals surface area contributed by atoms with Crippen molar-refractivity contribution in [2.75, 3.05) is 44.2 Å². The zero-order valence-electron chi connectivity index (χ0n) is 19.0. The van der Waals surface area contributed by atoms with Crippen molar-refractivity contribution in [2.45, 2.75) is 30.2 Å². The summed E-state index contributed by atoms with van der Waals surface area (Å²) in [6, 6.07) is 9.43. The fourth-order valence-electron chi connectivity index (χ4n) is 3.70. The number of nitrogens with one attached hydrogen (secondary N) is 1. The molecule has 1 fully saturated rings. The molecule has 6 nitrogen and oxygen atoms in total. The van der Waals surface area contributed by atoms with Crippen molar-refractivity contribution in [3.05, 3.63) is 71.9 Å². The third kappa shape index (κ3) is 8.18. The highest BCUT2D eigenvalue weighted by molar-refractivity contribution is 7.98. The number of anilines is 1. The molecule has 2 heterocycles. The van der Waals surface area contributed by atoms with Gasteiger partial charge in [0.05, 0.1) is 0 Å². The maximum absolute atomic E-state index is 12.4. The number of carbonyl (C=O) groups excluding carboxylic acids is 1. The quantitative estimate of drug-likeness (QED) is 0.201. The molecule has 176 valence electrons. The molecule has 1 aromatic carbocycles. The number of hydrogen-bond donors (Lipinski definition) is 1. The molecular weight excluding hydrogens is 454 g/mol. The molecule has 1 amide bonds. The van der Waals surface area contributed by atoms with Crippen LogP contribution in [0.4, 0.5) is 5.82 Å². The minimum atomic E-state index is -0.0291. The van der Waals surface area contributed by atoms with E-state index in [0.29, 0.717) is 41.3 Å². The van der Waals surface area contributed by atoms with Gasteiger partial charge in [-0.05, 0) is 43.6 Å². The number of rotatable bonds is 12. The van der Waals surface area contributed by atoms with Crippen LogP contribution in [-0.2, 0) is 5.75 Å². The number of nitrogens with zero attached hydrogens (tertiary/aromatic N) is 4. The topological polar surface area (TPSA) is 61.4 Å². The van der Waals surface area contributed by atoms with E-state index in [9.17, 15) is 4.79 Å². The van der Waals surface area contributed by atoms with Crippen LogP contribution in [-0.4, -0.2) is 60.0 Å². The van der Waals surface area contributed by atoms with Gasteiger partial charge in [0.15, 0.2) is 5.16 Å². The van der Waals surface area contributed by atoms with Gasteiger partial charge in [-0.2, -0.15) is 0 Å². The lowest BCUT2D eigenvalue weighted by atomic mass is 10.1. The number of benzene rings is 1. The molecule has 0 bridgehead atoms. The lowest BCUT2D eigenvalue weighted by Gasteiger charge is -2.26. The van der Waals surface area contributed by atoms with E-state index in [1.807, 2.05) is 41.3 Å². The van der Waals surface area contributed by atoms with Gasteiger partial charge < -0.3 is 15.1 Å². The van der Waals surface area contributed by atoms with E-state index in [1.165, 1.54) is 31.0 Å². The van der Waals surface area contributed by atoms with Gasteiger partial charge in [-0.3, -0.25) is 4.79 Å². The summed E-state index contributed by atoms with van der Waals surface area (Å²) in [5.74, 6) is 1.40. The summed E-state index contributed by atoms with van der Waals surface area (Å²) >= 11 is 7.74. The second kappa shape index (κ2) is 13.4. The van der Waals surface area contributed by atoms with Gasteiger partial charge in [0.1, 0.15) is 11.0 Å². The highest BCUT2D eigenvalue weighted by Crippen LogP contribution is 2.25. The number of aromatic nitrogens is 2. The summed E-state index contributed by atoms with van der Waals surface area (Å²) in [6.45, 7) is 12.8. The molecule has 0 spiro atoms. The summed E-state index contributed by atoms with van der Waals surface area (Å²) in [5.41, 5.74) is 1.76. The molecule has 8 heteroatoms. The van der Waals surface area contributed by atoms with Crippen LogP contribution in [0.25, 0.3) is 0 Å². The van der Waals surface area contributed by atoms with Crippen molar-refractivity contribution in [1.82, 2.24) is 20.2 Å². The van der Waals surface area contributed by atoms with E-state index in [0.717, 1.165) is 31.0 Å². The van der Waals surface area contributed by atoms with Crippen LogP contribution in [0.2, 0.25) is 5.15 Å². The van der Waals surface area contributed by atoms with Gasteiger partial charge in [-0.15, -0.1) is 13.2 Å². The van der Waals surface area contributed by atoms with E-state index in [2.05, 4.69) is 33.3 Å². The summed E-state index contributed by atoms with van der Waals surface area (Å²) in [6.07, 6.45) is 7.48. The zero-order valence-corrected chi connectivity index (χ0v) is 20.6. The molecular formula is C25H32ClN5OS. The number of likely N-dealkylation sites (tertiary alicyclic amines) is 1. The third-order valence-electron chi connectivity index (χ3n) is 5.43. The number of piperidine rings is 1. The number of halogens is 1. The van der Waals surface area contributed by atoms with Crippen molar-refractivity contribution < 1.29 is 4.79 Å². The van der Waals surface area contributed by atoms with Crippen LogP contribution in [0, 0.1) is 0 Å². The first-order valence-corrected chi connectivity index (χ1v) is 12.7. The van der Waals surface area contributed by atoms with E-state index in [4.69, 9.17) is 11.6 Å². The predicted octanol–water partition coefficient (Wildman–Crippen LogP) is 4.82. The molecule has 1 N–H and O–H groups in total. The van der Waals surface area contributed by atoms with E-state index in [1.54, 1.807) is 6.07 Å². The molecule has 0 unspecified atom stereocenters. The highest BCUT2D eigenvalue weighted by atomic mass is 35.5. The fourth-order valence-corrected chi connectivity index (χ4v) is 4.74. The number of thioether (sulfide) groups is 1. The number of amides is 1. The standard InChI is InChI=1S/C25H32ClN5OS/c1-3-13-31(14-4-2)23-18-22(26)28-25(29-23)33-19-20-8-10-21(11-9-20)24(32)27-12-17-30-15-6-5-7-16-30/h3-4,8-11,18H,1-2,5-7,12-17,19H2,(H,27,32). The lowest BCUT2D eigenvalue weighted by molar-refractivity contribution is 0.0946. The Labute approximate surface area is 206 Å². The smallest absolute Gasteiger partial charge is 0.251 e. The van der Waals surface area contributed by atoms with Crippen LogP contribution in [0.15, 0.2) is 60.8 Å². The van der Waals surface area contributed by atoms with Crippen molar-refractivity contribution in [3.63, 3.8) is 0 Å². The second-order valence-corrected chi connectivity index (χ2v) is 9.29. The van der Waals surface area contributed by atoms with E-state index < -0.39 is 0 Å². The molecule has 3 rings (SSSR count). The van der Waals surface area contributed by atoms with Gasteiger partial charge >= 0.3 is 0 Å². The molecule has 2 aromatic rings. The Kier molecular flexibility index (Phi) is 10.2. The maximum atomic E-state index is 12.4. The minimum Gasteiger partial charge on any atom is -0.351 e. The summed E-state index contributed by atoms with van der Waals surface area (Å²) in [5, 5.41) is 4.03. The molecule has 33 heavy (non-hydrogen) atoms. The molecule has 1 aliphatic heterocycles. The van der Waals surface area contributed by atoms with Crippen LogP contribution in [0.3, 0.4) is 0 Å². The summed E-state index contributed by atoms with van der Waals surface area (Å²) in [4.78, 5) is 25.9. The normalized spacial score (nSPS) is 14.0. The zero-order chi connectivity index (χ0) is 23.5. The van der Waals surface area contributed by atoms with Crippen LogP contribution in [0.5, 0.6) is 0 Å². The molecule has 1 aromatic heterocycles. The van der Waals surface area contributed by atoms with Gasteiger partial charge in [0.25, 0.3) is 5.91 Å². The minimum absolute atomic E-state index is 0.0291. The average Bonchev–Trinajstić information content (AvgIpc) is 2.83. The Morgan fingerprint density at radius 3 is 2.48 bits per heavy atom. The summed E-state index contributed by atoms with van der Waals surface area (Å²) < 4.78 is 0. The maximum Gasteiger partial charge on any atom is 0.251 e.